The van der Waals surface area contributed by atoms with Gasteiger partial charge in [-0.1, -0.05) is 23.8 Å². The minimum absolute atomic E-state index is 0.0272. The van der Waals surface area contributed by atoms with Crippen LogP contribution in [0.5, 0.6) is 11.5 Å². The van der Waals surface area contributed by atoms with Crippen molar-refractivity contribution in [2.24, 2.45) is 0 Å². The number of anilines is 1. The number of benzene rings is 2. The third-order valence-electron chi connectivity index (χ3n) is 3.56. The Morgan fingerprint density at radius 1 is 1.25 bits per heavy atom. The smallest absolute Gasteiger partial charge is 0.262 e. The lowest BCUT2D eigenvalue weighted by Gasteiger charge is -2.18. The number of fused-ring (bicyclic) bond motifs is 1. The molecule has 2 amide bonds. The minimum atomic E-state index is -0.214. The van der Waals surface area contributed by atoms with Crippen LogP contribution in [0, 0.1) is 6.92 Å². The summed E-state index contributed by atoms with van der Waals surface area (Å²) in [4.78, 5) is 23.2. The van der Waals surface area contributed by atoms with Gasteiger partial charge in [0, 0.05) is 6.54 Å². The van der Waals surface area contributed by atoms with Gasteiger partial charge in [0.15, 0.2) is 13.2 Å². The van der Waals surface area contributed by atoms with Gasteiger partial charge in [0.1, 0.15) is 11.5 Å². The van der Waals surface area contributed by atoms with Crippen LogP contribution in [0.25, 0.3) is 0 Å². The van der Waals surface area contributed by atoms with Gasteiger partial charge in [-0.05, 0) is 36.8 Å². The van der Waals surface area contributed by atoms with Crippen LogP contribution >= 0.6 is 0 Å². The summed E-state index contributed by atoms with van der Waals surface area (Å²) in [6, 6.07) is 12.9. The molecule has 0 fully saturated rings. The number of carbonyl (C=O) groups excluding carboxylic acids is 2. The van der Waals surface area contributed by atoms with E-state index < -0.39 is 0 Å². The second-order valence-electron chi connectivity index (χ2n) is 5.55. The Morgan fingerprint density at radius 3 is 2.83 bits per heavy atom. The highest BCUT2D eigenvalue weighted by Crippen LogP contribution is 2.28. The lowest BCUT2D eigenvalue weighted by atomic mass is 10.1. The predicted octanol–water partition coefficient (Wildman–Crippen LogP) is 2.02. The Morgan fingerprint density at radius 2 is 2.04 bits per heavy atom. The summed E-state index contributed by atoms with van der Waals surface area (Å²) in [7, 11) is 0. The van der Waals surface area contributed by atoms with E-state index in [-0.39, 0.29) is 25.0 Å². The fourth-order valence-electron chi connectivity index (χ4n) is 2.28. The van der Waals surface area contributed by atoms with E-state index in [0.717, 1.165) is 11.1 Å². The number of aryl methyl sites for hydroxylation is 1. The van der Waals surface area contributed by atoms with E-state index in [0.29, 0.717) is 23.7 Å². The average Bonchev–Trinajstić information content (AvgIpc) is 2.59. The van der Waals surface area contributed by atoms with Crippen molar-refractivity contribution < 1.29 is 19.1 Å². The average molecular weight is 326 g/mol. The number of nitrogens with one attached hydrogen (secondary N) is 2. The molecular weight excluding hydrogens is 308 g/mol. The van der Waals surface area contributed by atoms with Gasteiger partial charge >= 0.3 is 0 Å². The van der Waals surface area contributed by atoms with E-state index in [1.807, 2.05) is 37.3 Å². The first kappa shape index (κ1) is 15.9. The fourth-order valence-corrected chi connectivity index (χ4v) is 2.28. The number of hydrogen-bond donors (Lipinski definition) is 2. The monoisotopic (exact) mass is 326 g/mol. The van der Waals surface area contributed by atoms with Gasteiger partial charge in [-0.15, -0.1) is 0 Å². The molecule has 6 nitrogen and oxygen atoms in total. The summed E-state index contributed by atoms with van der Waals surface area (Å²) >= 11 is 0. The molecule has 0 spiro atoms. The number of amides is 2. The molecule has 0 bridgehead atoms. The van der Waals surface area contributed by atoms with Crippen molar-refractivity contribution in [1.29, 1.82) is 0 Å². The highest BCUT2D eigenvalue weighted by atomic mass is 16.5. The zero-order valence-corrected chi connectivity index (χ0v) is 13.3. The van der Waals surface area contributed by atoms with Crippen LogP contribution in [0.4, 0.5) is 5.69 Å². The zero-order chi connectivity index (χ0) is 16.9. The molecule has 24 heavy (non-hydrogen) atoms. The first-order chi connectivity index (χ1) is 11.6. The highest BCUT2D eigenvalue weighted by molar-refractivity contribution is 5.95. The van der Waals surface area contributed by atoms with Crippen molar-refractivity contribution >= 4 is 17.5 Å². The van der Waals surface area contributed by atoms with E-state index in [2.05, 4.69) is 10.6 Å². The van der Waals surface area contributed by atoms with Crippen LogP contribution in [0.1, 0.15) is 11.1 Å². The van der Waals surface area contributed by atoms with E-state index in [1.54, 1.807) is 12.1 Å². The summed E-state index contributed by atoms with van der Waals surface area (Å²) in [5.41, 5.74) is 2.62. The molecule has 0 saturated heterocycles. The van der Waals surface area contributed by atoms with Gasteiger partial charge in [0.05, 0.1) is 5.69 Å². The first-order valence-electron chi connectivity index (χ1n) is 7.62. The van der Waals surface area contributed by atoms with Crippen LogP contribution in [0.15, 0.2) is 42.5 Å². The van der Waals surface area contributed by atoms with Crippen molar-refractivity contribution in [3.05, 3.63) is 53.6 Å². The van der Waals surface area contributed by atoms with Gasteiger partial charge in [0.25, 0.3) is 11.8 Å². The van der Waals surface area contributed by atoms with Gasteiger partial charge in [-0.2, -0.15) is 0 Å². The molecule has 124 valence electrons. The highest BCUT2D eigenvalue weighted by Gasteiger charge is 2.16. The van der Waals surface area contributed by atoms with Crippen LogP contribution in [0.2, 0.25) is 0 Å². The number of hydrogen-bond acceptors (Lipinski definition) is 4. The molecule has 1 aliphatic rings. The van der Waals surface area contributed by atoms with Crippen molar-refractivity contribution in [3.8, 4) is 11.5 Å². The summed E-state index contributed by atoms with van der Waals surface area (Å²) < 4.78 is 10.7. The summed E-state index contributed by atoms with van der Waals surface area (Å²) in [5, 5.41) is 5.52. The molecule has 0 radical (unpaired) electrons. The van der Waals surface area contributed by atoms with Crippen LogP contribution in [-0.4, -0.2) is 25.0 Å². The Balaban J connectivity index is 1.50. The normalized spacial score (nSPS) is 12.6. The lowest BCUT2D eigenvalue weighted by Crippen LogP contribution is -2.29. The van der Waals surface area contributed by atoms with Crippen LogP contribution in [0.3, 0.4) is 0 Å². The topological polar surface area (TPSA) is 76.7 Å². The lowest BCUT2D eigenvalue weighted by molar-refractivity contribution is -0.123. The summed E-state index contributed by atoms with van der Waals surface area (Å²) in [6.45, 7) is 2.31. The Hall–Kier alpha value is -3.02. The number of rotatable bonds is 5. The van der Waals surface area contributed by atoms with Gasteiger partial charge in [-0.3, -0.25) is 9.59 Å². The maximum Gasteiger partial charge on any atom is 0.262 e. The van der Waals surface area contributed by atoms with Crippen molar-refractivity contribution in [2.45, 2.75) is 13.5 Å². The summed E-state index contributed by atoms with van der Waals surface area (Å²) in [6.07, 6.45) is 0. The third-order valence-corrected chi connectivity index (χ3v) is 3.56. The zero-order valence-electron chi connectivity index (χ0n) is 13.3. The molecule has 0 unspecified atom stereocenters. The Bertz CT molecular complexity index is 756. The summed E-state index contributed by atoms with van der Waals surface area (Å²) in [5.74, 6) is 0.889. The van der Waals surface area contributed by atoms with Gasteiger partial charge in [-0.25, -0.2) is 0 Å². The molecule has 6 heteroatoms. The molecule has 3 rings (SSSR count). The fraction of sp³-hybridized carbons (Fsp3) is 0.222. The van der Waals surface area contributed by atoms with Gasteiger partial charge < -0.3 is 20.1 Å². The number of carbonyl (C=O) groups is 2. The molecule has 0 atom stereocenters. The second kappa shape index (κ2) is 7.04. The molecular formula is C18H18N2O4. The molecule has 2 N–H and O–H groups in total. The van der Waals surface area contributed by atoms with E-state index in [9.17, 15) is 9.59 Å². The van der Waals surface area contributed by atoms with E-state index in [1.165, 1.54) is 0 Å². The molecule has 0 saturated carbocycles. The van der Waals surface area contributed by atoms with E-state index >= 15 is 0 Å². The van der Waals surface area contributed by atoms with Crippen molar-refractivity contribution in [1.82, 2.24) is 5.32 Å². The standard InChI is InChI=1S/C18H18N2O4/c1-12-2-5-14(6-3-12)23-10-17(21)19-9-13-4-7-16-15(8-13)20-18(22)11-24-16/h2-8H,9-11H2,1H3,(H,19,21)(H,20,22). The number of ether oxygens (including phenoxy) is 2. The Kier molecular flexibility index (Phi) is 4.65. The van der Waals surface area contributed by atoms with E-state index in [4.69, 9.17) is 9.47 Å². The van der Waals surface area contributed by atoms with Crippen molar-refractivity contribution in [2.75, 3.05) is 18.5 Å². The SMILES string of the molecule is Cc1ccc(OCC(=O)NCc2ccc3c(c2)NC(=O)CO3)cc1. The minimum Gasteiger partial charge on any atom is -0.484 e. The quantitative estimate of drug-likeness (QED) is 0.881. The first-order valence-corrected chi connectivity index (χ1v) is 7.62. The van der Waals surface area contributed by atoms with Crippen molar-refractivity contribution in [3.63, 3.8) is 0 Å². The second-order valence-corrected chi connectivity index (χ2v) is 5.55. The molecule has 2 aromatic carbocycles. The Labute approximate surface area is 139 Å². The van der Waals surface area contributed by atoms with Crippen LogP contribution < -0.4 is 20.1 Å². The largest absolute Gasteiger partial charge is 0.484 e. The maximum absolute atomic E-state index is 11.9. The van der Waals surface area contributed by atoms with Gasteiger partial charge in [0.2, 0.25) is 0 Å². The molecule has 1 aliphatic heterocycles. The molecule has 0 aliphatic carbocycles. The molecule has 1 heterocycles. The maximum atomic E-state index is 11.9. The molecule has 0 aromatic heterocycles. The third kappa shape index (κ3) is 4.04. The van der Waals surface area contributed by atoms with Crippen LogP contribution in [-0.2, 0) is 16.1 Å². The predicted molar refractivity (Wildman–Crippen MR) is 89.1 cm³/mol. The molecule has 2 aromatic rings.